The maximum Gasteiger partial charge on any atom is 0.344 e. The highest BCUT2D eigenvalue weighted by atomic mass is 16.7. The Balaban J connectivity index is 1.71. The van der Waals surface area contributed by atoms with Crippen molar-refractivity contribution in [3.8, 4) is 0 Å². The Bertz CT molecular complexity index is 800. The van der Waals surface area contributed by atoms with E-state index in [1.54, 1.807) is 0 Å². The molecule has 4 aliphatic heterocycles. The highest BCUT2D eigenvalue weighted by Crippen LogP contribution is 2.54. The van der Waals surface area contributed by atoms with Crippen LogP contribution in [0.1, 0.15) is 39.0 Å². The van der Waals surface area contributed by atoms with Gasteiger partial charge in [0.25, 0.3) is 0 Å². The van der Waals surface area contributed by atoms with E-state index in [1.165, 1.54) is 14.0 Å². The van der Waals surface area contributed by atoms with Gasteiger partial charge in [-0.2, -0.15) is 0 Å². The van der Waals surface area contributed by atoms with E-state index >= 15 is 0 Å². The van der Waals surface area contributed by atoms with Crippen molar-refractivity contribution in [2.24, 2.45) is 5.92 Å². The molecule has 29 heavy (non-hydrogen) atoms. The topological polar surface area (TPSA) is 129 Å². The third kappa shape index (κ3) is 3.31. The molecule has 0 aliphatic carbocycles. The minimum Gasteiger partial charge on any atom is -0.466 e. The number of esters is 2. The van der Waals surface area contributed by atoms with Gasteiger partial charge in [-0.25, -0.2) is 9.59 Å². The molecule has 0 saturated carbocycles. The monoisotopic (exact) mass is 408 g/mol. The van der Waals surface area contributed by atoms with Gasteiger partial charge in [0.1, 0.15) is 30.2 Å². The van der Waals surface area contributed by atoms with Crippen LogP contribution in [0.3, 0.4) is 0 Å². The summed E-state index contributed by atoms with van der Waals surface area (Å²) in [4.78, 5) is 50.0. The fraction of sp³-hybridized carbons (Fsp3) is 0.700. The minimum absolute atomic E-state index is 0.0198. The lowest BCUT2D eigenvalue weighted by atomic mass is 9.80. The Labute approximate surface area is 167 Å². The minimum atomic E-state index is -1.40. The van der Waals surface area contributed by atoms with Gasteiger partial charge in [0, 0.05) is 31.3 Å². The standard InChI is InChI=1S/C20H24O9/c1-9(17(23)26-3)10-4-11(21)6-13-12(22)7-19(2,25)8-14-16(27-13)20(18(24)28-14)15(5-10)29-20/h10,13-16,25H,1,4-8H2,2-3H3/t10-,13-,14-,15+,16+,19+,20+/m0/s1. The fourth-order valence-corrected chi connectivity index (χ4v) is 4.76. The zero-order valence-electron chi connectivity index (χ0n) is 16.3. The second-order valence-corrected chi connectivity index (χ2v) is 8.63. The second-order valence-electron chi connectivity index (χ2n) is 8.63. The number of hydrogen-bond donors (Lipinski definition) is 1. The van der Waals surface area contributed by atoms with Crippen molar-refractivity contribution in [3.63, 3.8) is 0 Å². The van der Waals surface area contributed by atoms with Gasteiger partial charge >= 0.3 is 11.9 Å². The van der Waals surface area contributed by atoms with Crippen LogP contribution in [-0.4, -0.2) is 71.3 Å². The molecular weight excluding hydrogens is 384 g/mol. The van der Waals surface area contributed by atoms with Gasteiger partial charge in [0.2, 0.25) is 5.60 Å². The van der Waals surface area contributed by atoms with Crippen molar-refractivity contribution >= 4 is 23.5 Å². The van der Waals surface area contributed by atoms with Crippen LogP contribution in [0.25, 0.3) is 0 Å². The van der Waals surface area contributed by atoms with Crippen LogP contribution in [0.2, 0.25) is 0 Å². The van der Waals surface area contributed by atoms with E-state index in [0.717, 1.165) is 0 Å². The average molecular weight is 408 g/mol. The van der Waals surface area contributed by atoms with Gasteiger partial charge in [-0.3, -0.25) is 9.59 Å². The smallest absolute Gasteiger partial charge is 0.344 e. The Morgan fingerprint density at radius 1 is 1.28 bits per heavy atom. The van der Waals surface area contributed by atoms with Crippen molar-refractivity contribution in [1.82, 2.24) is 0 Å². The summed E-state index contributed by atoms with van der Waals surface area (Å²) >= 11 is 0. The second kappa shape index (κ2) is 6.72. The third-order valence-corrected chi connectivity index (χ3v) is 6.29. The van der Waals surface area contributed by atoms with Crippen LogP contribution >= 0.6 is 0 Å². The summed E-state index contributed by atoms with van der Waals surface area (Å²) in [7, 11) is 1.22. The van der Waals surface area contributed by atoms with Crippen molar-refractivity contribution in [1.29, 1.82) is 0 Å². The largest absolute Gasteiger partial charge is 0.466 e. The molecule has 9 heteroatoms. The van der Waals surface area contributed by atoms with Crippen LogP contribution in [0.4, 0.5) is 0 Å². The number of epoxide rings is 1. The first-order valence-electron chi connectivity index (χ1n) is 9.65. The Kier molecular flexibility index (Phi) is 4.67. The molecule has 0 radical (unpaired) electrons. The van der Waals surface area contributed by atoms with E-state index in [2.05, 4.69) is 6.58 Å². The van der Waals surface area contributed by atoms with Crippen LogP contribution in [0, 0.1) is 5.92 Å². The zero-order valence-corrected chi connectivity index (χ0v) is 16.3. The number of fused-ring (bicyclic) bond motifs is 1. The number of aliphatic hydroxyl groups is 1. The lowest BCUT2D eigenvalue weighted by Crippen LogP contribution is -2.50. The molecule has 0 unspecified atom stereocenters. The predicted octanol–water partition coefficient (Wildman–Crippen LogP) is 0.0155. The maximum atomic E-state index is 12.7. The van der Waals surface area contributed by atoms with Gasteiger partial charge < -0.3 is 24.1 Å². The lowest BCUT2D eigenvalue weighted by molar-refractivity contribution is -0.159. The molecule has 0 aromatic heterocycles. The first-order chi connectivity index (χ1) is 13.6. The lowest BCUT2D eigenvalue weighted by Gasteiger charge is -2.35. The van der Waals surface area contributed by atoms with Crippen LogP contribution < -0.4 is 0 Å². The van der Waals surface area contributed by atoms with Crippen molar-refractivity contribution in [2.75, 3.05) is 7.11 Å². The van der Waals surface area contributed by atoms with E-state index < -0.39 is 59.3 Å². The SMILES string of the molecule is C=C(C(=O)OC)[C@H]1CC(=O)C[C@@H]2O[C@@H]3[C@H](C[C@](C)(O)CC2=O)OC(=O)[C@]32O[C@@H]2C1. The van der Waals surface area contributed by atoms with Gasteiger partial charge in [-0.1, -0.05) is 6.58 Å². The summed E-state index contributed by atoms with van der Waals surface area (Å²) in [6.45, 7) is 5.25. The van der Waals surface area contributed by atoms with Gasteiger partial charge in [-0.05, 0) is 19.3 Å². The van der Waals surface area contributed by atoms with Crippen LogP contribution in [-0.2, 0) is 38.1 Å². The Morgan fingerprint density at radius 3 is 2.69 bits per heavy atom. The predicted molar refractivity (Wildman–Crippen MR) is 94.5 cm³/mol. The number of carbonyl (C=O) groups excluding carboxylic acids is 4. The Morgan fingerprint density at radius 2 is 2.00 bits per heavy atom. The van der Waals surface area contributed by atoms with Crippen molar-refractivity contribution in [3.05, 3.63) is 12.2 Å². The molecular formula is C20H24O9. The highest BCUT2D eigenvalue weighted by Gasteiger charge is 2.76. The normalized spacial score (nSPS) is 44.1. The fourth-order valence-electron chi connectivity index (χ4n) is 4.76. The molecule has 4 aliphatic rings. The van der Waals surface area contributed by atoms with Gasteiger partial charge in [0.05, 0.1) is 12.7 Å². The number of ketones is 2. The van der Waals surface area contributed by atoms with Crippen molar-refractivity contribution < 1.29 is 43.2 Å². The molecule has 2 bridgehead atoms. The molecule has 1 spiro atoms. The number of Topliss-reactive ketones (excluding diaryl/α,β-unsaturated/α-hetero) is 2. The number of ether oxygens (including phenoxy) is 4. The molecule has 1 N–H and O–H groups in total. The van der Waals surface area contributed by atoms with E-state index in [0.29, 0.717) is 0 Å². The number of carbonyl (C=O) groups is 4. The molecule has 158 valence electrons. The third-order valence-electron chi connectivity index (χ3n) is 6.29. The molecule has 4 fully saturated rings. The first kappa shape index (κ1) is 20.2. The average Bonchev–Trinajstić information content (AvgIpc) is 3.29. The summed E-state index contributed by atoms with van der Waals surface area (Å²) in [6, 6.07) is 0. The van der Waals surface area contributed by atoms with Crippen LogP contribution in [0.15, 0.2) is 12.2 Å². The number of rotatable bonds is 2. The van der Waals surface area contributed by atoms with Gasteiger partial charge in [0.15, 0.2) is 5.78 Å². The molecule has 9 nitrogen and oxygen atoms in total. The van der Waals surface area contributed by atoms with E-state index in [-0.39, 0.29) is 43.5 Å². The summed E-state index contributed by atoms with van der Waals surface area (Å²) in [5, 5.41) is 10.6. The van der Waals surface area contributed by atoms with Gasteiger partial charge in [-0.15, -0.1) is 0 Å². The highest BCUT2D eigenvalue weighted by molar-refractivity contribution is 5.93. The van der Waals surface area contributed by atoms with Crippen LogP contribution in [0.5, 0.6) is 0 Å². The molecule has 4 rings (SSSR count). The summed E-state index contributed by atoms with van der Waals surface area (Å²) < 4.78 is 21.9. The molecule has 0 amide bonds. The van der Waals surface area contributed by atoms with Crippen molar-refractivity contribution in [2.45, 2.75) is 74.6 Å². The van der Waals surface area contributed by atoms with E-state index in [4.69, 9.17) is 18.9 Å². The Hall–Kier alpha value is -2.10. The molecule has 7 atom stereocenters. The summed E-state index contributed by atoms with van der Waals surface area (Å²) in [6.07, 6.45) is -3.78. The maximum absolute atomic E-state index is 12.7. The van der Waals surface area contributed by atoms with E-state index in [9.17, 15) is 24.3 Å². The number of methoxy groups -OCH3 is 1. The molecule has 0 aromatic rings. The first-order valence-corrected chi connectivity index (χ1v) is 9.65. The zero-order chi connectivity index (χ0) is 21.1. The summed E-state index contributed by atoms with van der Waals surface area (Å²) in [5.74, 6) is -2.55. The molecule has 4 saturated heterocycles. The molecule has 4 heterocycles. The number of hydrogen-bond acceptors (Lipinski definition) is 9. The van der Waals surface area contributed by atoms with E-state index in [1.807, 2.05) is 0 Å². The summed E-state index contributed by atoms with van der Waals surface area (Å²) in [5.41, 5.74) is -2.68. The molecule has 0 aromatic carbocycles. The quantitative estimate of drug-likeness (QED) is 0.382.